The van der Waals surface area contributed by atoms with Crippen molar-refractivity contribution in [3.63, 3.8) is 0 Å². The van der Waals surface area contributed by atoms with Crippen LogP contribution in [0.1, 0.15) is 18.1 Å². The lowest BCUT2D eigenvalue weighted by molar-refractivity contribution is 1.41. The van der Waals surface area contributed by atoms with Crippen molar-refractivity contribution < 1.29 is 0 Å². The van der Waals surface area contributed by atoms with Crippen LogP contribution in [0.3, 0.4) is 0 Å². The number of benzene rings is 2. The summed E-state index contributed by atoms with van der Waals surface area (Å²) in [4.78, 5) is 4.14. The third-order valence-electron chi connectivity index (χ3n) is 3.43. The van der Waals surface area contributed by atoms with Crippen molar-refractivity contribution in [2.45, 2.75) is 13.8 Å². The molecule has 0 unspecified atom stereocenters. The maximum atomic E-state index is 4.14. The van der Waals surface area contributed by atoms with Crippen molar-refractivity contribution in [3.05, 3.63) is 77.9 Å². The van der Waals surface area contributed by atoms with Crippen LogP contribution < -0.4 is 0 Å². The molecule has 0 N–H and O–H groups in total. The first-order chi connectivity index (χ1) is 9.67. The largest absolute Gasteiger partial charge is 0.264 e. The minimum Gasteiger partial charge on any atom is -0.264 e. The smallest absolute Gasteiger partial charge is 0.0723 e. The molecule has 2 aromatic carbocycles. The van der Waals surface area contributed by atoms with Crippen molar-refractivity contribution in [3.8, 4) is 11.1 Å². The fourth-order valence-corrected chi connectivity index (χ4v) is 2.27. The fourth-order valence-electron chi connectivity index (χ4n) is 2.27. The van der Waals surface area contributed by atoms with Crippen molar-refractivity contribution in [2.75, 3.05) is 0 Å². The summed E-state index contributed by atoms with van der Waals surface area (Å²) in [6.45, 7) is 11.6. The van der Waals surface area contributed by atoms with Gasteiger partial charge >= 0.3 is 0 Å². The molecule has 100 valence electrons. The summed E-state index contributed by atoms with van der Waals surface area (Å²) in [7, 11) is 0. The number of allylic oxidation sites excluding steroid dienone is 2. The Morgan fingerprint density at radius 3 is 2.50 bits per heavy atom. The van der Waals surface area contributed by atoms with Crippen molar-refractivity contribution >= 4 is 12.4 Å². The van der Waals surface area contributed by atoms with E-state index in [0.29, 0.717) is 0 Å². The minimum absolute atomic E-state index is 0.885. The van der Waals surface area contributed by atoms with Crippen LogP contribution in [-0.4, -0.2) is 6.72 Å². The highest BCUT2D eigenvalue weighted by Gasteiger charge is 2.06. The monoisotopic (exact) mass is 261 g/mol. The summed E-state index contributed by atoms with van der Waals surface area (Å²) >= 11 is 0. The number of aryl methyl sites for hydroxylation is 1. The van der Waals surface area contributed by atoms with Gasteiger partial charge in [0.2, 0.25) is 0 Å². The highest BCUT2D eigenvalue weighted by molar-refractivity contribution is 5.77. The third-order valence-corrected chi connectivity index (χ3v) is 3.43. The van der Waals surface area contributed by atoms with Gasteiger partial charge in [-0.1, -0.05) is 55.1 Å². The van der Waals surface area contributed by atoms with Gasteiger partial charge in [-0.3, -0.25) is 4.99 Å². The Balaban J connectivity index is 2.57. The van der Waals surface area contributed by atoms with Crippen molar-refractivity contribution in [1.82, 2.24) is 0 Å². The second-order valence-electron chi connectivity index (χ2n) is 4.79. The lowest BCUT2D eigenvalue weighted by atomic mass is 9.97. The molecule has 0 fully saturated rings. The normalized spacial score (nSPS) is 11.7. The standard InChI is InChI=1S/C19H19N/c1-5-14(2)19(20-4)17-11-8-10-16(13-17)18-12-7-6-9-15(18)3/h5-13H,1,4H2,2-3H3/b19-14-. The molecule has 1 nitrogen and oxygen atoms in total. The van der Waals surface area contributed by atoms with E-state index in [2.05, 4.69) is 73.7 Å². The van der Waals surface area contributed by atoms with Gasteiger partial charge in [0, 0.05) is 5.56 Å². The minimum atomic E-state index is 0.885. The molecule has 0 atom stereocenters. The highest BCUT2D eigenvalue weighted by Crippen LogP contribution is 2.28. The van der Waals surface area contributed by atoms with Crippen LogP contribution in [0.5, 0.6) is 0 Å². The van der Waals surface area contributed by atoms with Gasteiger partial charge in [0.25, 0.3) is 0 Å². The van der Waals surface area contributed by atoms with Gasteiger partial charge in [-0.2, -0.15) is 0 Å². The van der Waals surface area contributed by atoms with Crippen LogP contribution in [0, 0.1) is 6.92 Å². The van der Waals surface area contributed by atoms with E-state index in [9.17, 15) is 0 Å². The molecule has 2 aromatic rings. The number of aliphatic imine (C=N–C) groups is 1. The Kier molecular flexibility index (Phi) is 4.31. The molecule has 0 saturated carbocycles. The van der Waals surface area contributed by atoms with Crippen LogP contribution >= 0.6 is 0 Å². The number of nitrogens with zero attached hydrogens (tertiary/aromatic N) is 1. The molecule has 0 bridgehead atoms. The van der Waals surface area contributed by atoms with Gasteiger partial charge < -0.3 is 0 Å². The van der Waals surface area contributed by atoms with Crippen molar-refractivity contribution in [2.24, 2.45) is 4.99 Å². The highest BCUT2D eigenvalue weighted by atomic mass is 14.7. The van der Waals surface area contributed by atoms with Crippen LogP contribution in [0.15, 0.2) is 71.8 Å². The molecular formula is C19H19N. The number of hydrogen-bond acceptors (Lipinski definition) is 1. The number of rotatable bonds is 4. The second-order valence-corrected chi connectivity index (χ2v) is 4.79. The SMILES string of the molecule is C=C/C(C)=C(\N=C)c1cccc(-c2ccccc2C)c1. The Labute approximate surface area is 121 Å². The third kappa shape index (κ3) is 2.77. The predicted octanol–water partition coefficient (Wildman–Crippen LogP) is 5.28. The van der Waals surface area contributed by atoms with Crippen molar-refractivity contribution in [1.29, 1.82) is 0 Å². The van der Waals surface area contributed by atoms with Gasteiger partial charge in [-0.15, -0.1) is 0 Å². The quantitative estimate of drug-likeness (QED) is 0.524. The van der Waals surface area contributed by atoms with Gasteiger partial charge in [0.1, 0.15) is 0 Å². The second kappa shape index (κ2) is 6.16. The summed E-state index contributed by atoms with van der Waals surface area (Å²) in [5.74, 6) is 0. The summed E-state index contributed by atoms with van der Waals surface area (Å²) in [5, 5.41) is 0. The zero-order chi connectivity index (χ0) is 14.5. The molecule has 0 spiro atoms. The van der Waals surface area contributed by atoms with E-state index in [1.54, 1.807) is 0 Å². The Hall–Kier alpha value is -2.41. The summed E-state index contributed by atoms with van der Waals surface area (Å²) in [6.07, 6.45) is 1.81. The van der Waals surface area contributed by atoms with Gasteiger partial charge in [0.05, 0.1) is 5.70 Å². The van der Waals surface area contributed by atoms with Crippen LogP contribution in [0.25, 0.3) is 16.8 Å². The van der Waals surface area contributed by atoms with E-state index in [1.807, 2.05) is 13.0 Å². The zero-order valence-corrected chi connectivity index (χ0v) is 12.1. The van der Waals surface area contributed by atoms with Gasteiger partial charge in [-0.25, -0.2) is 0 Å². The molecule has 1 heteroatoms. The van der Waals surface area contributed by atoms with Gasteiger partial charge in [0.15, 0.2) is 0 Å². The Bertz CT molecular complexity index is 678. The molecule has 0 aliphatic carbocycles. The lowest BCUT2D eigenvalue weighted by Crippen LogP contribution is -1.88. The van der Waals surface area contributed by atoms with E-state index >= 15 is 0 Å². The summed E-state index contributed by atoms with van der Waals surface area (Å²) < 4.78 is 0. The number of hydrogen-bond donors (Lipinski definition) is 0. The molecule has 0 saturated heterocycles. The van der Waals surface area contributed by atoms with E-state index < -0.39 is 0 Å². The first-order valence-corrected chi connectivity index (χ1v) is 6.64. The van der Waals surface area contributed by atoms with E-state index in [1.165, 1.54) is 16.7 Å². The fraction of sp³-hybridized carbons (Fsp3) is 0.105. The maximum Gasteiger partial charge on any atom is 0.0723 e. The molecule has 2 rings (SSSR count). The van der Waals surface area contributed by atoms with E-state index in [-0.39, 0.29) is 0 Å². The average Bonchev–Trinajstić information content (AvgIpc) is 2.48. The zero-order valence-electron chi connectivity index (χ0n) is 12.1. The molecule has 0 aromatic heterocycles. The molecule has 0 heterocycles. The predicted molar refractivity (Wildman–Crippen MR) is 89.0 cm³/mol. The van der Waals surface area contributed by atoms with Crippen LogP contribution in [0.4, 0.5) is 0 Å². The first kappa shape index (κ1) is 14.0. The molecule has 20 heavy (non-hydrogen) atoms. The summed E-state index contributed by atoms with van der Waals surface area (Å²) in [5.41, 5.74) is 6.69. The molecule has 0 amide bonds. The van der Waals surface area contributed by atoms with Crippen LogP contribution in [-0.2, 0) is 0 Å². The summed E-state index contributed by atoms with van der Waals surface area (Å²) in [6, 6.07) is 16.8. The molecule has 0 radical (unpaired) electrons. The van der Waals surface area contributed by atoms with Crippen LogP contribution in [0.2, 0.25) is 0 Å². The topological polar surface area (TPSA) is 12.4 Å². The Morgan fingerprint density at radius 1 is 1.10 bits per heavy atom. The first-order valence-electron chi connectivity index (χ1n) is 6.64. The van der Waals surface area contributed by atoms with E-state index in [0.717, 1.165) is 16.8 Å². The van der Waals surface area contributed by atoms with E-state index in [4.69, 9.17) is 0 Å². The Morgan fingerprint density at radius 2 is 1.85 bits per heavy atom. The molecule has 0 aliphatic heterocycles. The molecular weight excluding hydrogens is 242 g/mol. The molecule has 0 aliphatic rings. The average molecular weight is 261 g/mol. The lowest BCUT2D eigenvalue weighted by Gasteiger charge is -2.09. The maximum absolute atomic E-state index is 4.14. The van der Waals surface area contributed by atoms with Gasteiger partial charge in [-0.05, 0) is 48.9 Å².